The fourth-order valence-electron chi connectivity index (χ4n) is 2.29. The van der Waals surface area contributed by atoms with Gasteiger partial charge in [0.05, 0.1) is 11.3 Å². The summed E-state index contributed by atoms with van der Waals surface area (Å²) in [5.74, 6) is 0. The van der Waals surface area contributed by atoms with Crippen LogP contribution in [0.4, 0.5) is 0 Å². The molecule has 1 aliphatic rings. The van der Waals surface area contributed by atoms with Gasteiger partial charge in [-0.25, -0.2) is 4.98 Å². The number of fused-ring (bicyclic) bond motifs is 1. The van der Waals surface area contributed by atoms with Gasteiger partial charge in [0.15, 0.2) is 4.96 Å². The van der Waals surface area contributed by atoms with E-state index in [-0.39, 0.29) is 5.60 Å². The molecule has 3 rings (SSSR count). The van der Waals surface area contributed by atoms with Crippen molar-refractivity contribution >= 4 is 16.3 Å². The third kappa shape index (κ3) is 2.36. The average molecular weight is 251 g/mol. The van der Waals surface area contributed by atoms with Crippen molar-refractivity contribution in [3.8, 4) is 0 Å². The van der Waals surface area contributed by atoms with E-state index in [1.54, 1.807) is 11.3 Å². The van der Waals surface area contributed by atoms with Gasteiger partial charge in [-0.2, -0.15) is 0 Å². The molecule has 5 heteroatoms. The Morgan fingerprint density at radius 2 is 2.59 bits per heavy atom. The van der Waals surface area contributed by atoms with Gasteiger partial charge in [-0.1, -0.05) is 0 Å². The van der Waals surface area contributed by atoms with Crippen LogP contribution in [0.2, 0.25) is 0 Å². The van der Waals surface area contributed by atoms with Crippen molar-refractivity contribution in [2.24, 2.45) is 0 Å². The summed E-state index contributed by atoms with van der Waals surface area (Å²) in [6, 6.07) is 0. The van der Waals surface area contributed by atoms with Gasteiger partial charge >= 0.3 is 0 Å². The van der Waals surface area contributed by atoms with Crippen LogP contribution in [0.3, 0.4) is 0 Å². The summed E-state index contributed by atoms with van der Waals surface area (Å²) in [5, 5.41) is 5.49. The van der Waals surface area contributed by atoms with E-state index in [0.717, 1.165) is 36.8 Å². The second-order valence-electron chi connectivity index (χ2n) is 4.83. The van der Waals surface area contributed by atoms with Crippen LogP contribution in [0.25, 0.3) is 4.96 Å². The minimum atomic E-state index is 0.0249. The topological polar surface area (TPSA) is 38.6 Å². The van der Waals surface area contributed by atoms with E-state index < -0.39 is 0 Å². The first kappa shape index (κ1) is 11.2. The zero-order chi connectivity index (χ0) is 11.7. The predicted molar refractivity (Wildman–Crippen MR) is 68.4 cm³/mol. The van der Waals surface area contributed by atoms with E-state index in [0.29, 0.717) is 0 Å². The molecule has 1 aliphatic heterocycles. The molecule has 0 spiro atoms. The average Bonchev–Trinajstić information content (AvgIpc) is 2.93. The Bertz CT molecular complexity index is 470. The van der Waals surface area contributed by atoms with Gasteiger partial charge in [0.2, 0.25) is 0 Å². The largest absolute Gasteiger partial charge is 0.374 e. The van der Waals surface area contributed by atoms with Crippen molar-refractivity contribution in [3.63, 3.8) is 0 Å². The second kappa shape index (κ2) is 4.40. The van der Waals surface area contributed by atoms with E-state index >= 15 is 0 Å². The second-order valence-corrected chi connectivity index (χ2v) is 5.70. The van der Waals surface area contributed by atoms with Crippen LogP contribution in [0, 0.1) is 0 Å². The van der Waals surface area contributed by atoms with Crippen molar-refractivity contribution in [3.05, 3.63) is 23.5 Å². The SMILES string of the molecule is CC1(CNCc2cn3ccsc3n2)CCCO1. The predicted octanol–water partition coefficient (Wildman–Crippen LogP) is 2.05. The number of aromatic nitrogens is 2. The number of imidazole rings is 1. The number of hydrogen-bond donors (Lipinski definition) is 1. The first-order valence-corrected chi connectivity index (χ1v) is 6.89. The van der Waals surface area contributed by atoms with E-state index in [4.69, 9.17) is 4.74 Å². The van der Waals surface area contributed by atoms with Gasteiger partial charge < -0.3 is 10.1 Å². The molecule has 17 heavy (non-hydrogen) atoms. The molecule has 0 bridgehead atoms. The quantitative estimate of drug-likeness (QED) is 0.904. The number of thiazole rings is 1. The number of ether oxygens (including phenoxy) is 1. The summed E-state index contributed by atoms with van der Waals surface area (Å²) in [7, 11) is 0. The van der Waals surface area contributed by atoms with Crippen LogP contribution in [0.1, 0.15) is 25.5 Å². The first-order valence-electron chi connectivity index (χ1n) is 6.01. The first-order chi connectivity index (χ1) is 8.25. The van der Waals surface area contributed by atoms with E-state index in [1.807, 2.05) is 11.6 Å². The number of hydrogen-bond acceptors (Lipinski definition) is 4. The Balaban J connectivity index is 1.55. The maximum absolute atomic E-state index is 5.74. The summed E-state index contributed by atoms with van der Waals surface area (Å²) in [5.41, 5.74) is 1.12. The Labute approximate surface area is 105 Å². The van der Waals surface area contributed by atoms with Crippen molar-refractivity contribution < 1.29 is 4.74 Å². The molecular weight excluding hydrogens is 234 g/mol. The summed E-state index contributed by atoms with van der Waals surface area (Å²) in [6.07, 6.45) is 6.45. The molecule has 3 heterocycles. The van der Waals surface area contributed by atoms with E-state index in [1.165, 1.54) is 6.42 Å². The minimum Gasteiger partial charge on any atom is -0.374 e. The highest BCUT2D eigenvalue weighted by Crippen LogP contribution is 2.24. The Morgan fingerprint density at radius 1 is 1.65 bits per heavy atom. The van der Waals surface area contributed by atoms with Crippen LogP contribution < -0.4 is 5.32 Å². The fourth-order valence-corrected chi connectivity index (χ4v) is 3.01. The molecule has 1 N–H and O–H groups in total. The molecule has 4 nitrogen and oxygen atoms in total. The maximum Gasteiger partial charge on any atom is 0.193 e. The Kier molecular flexibility index (Phi) is 2.90. The lowest BCUT2D eigenvalue weighted by Gasteiger charge is -2.23. The standard InChI is InChI=1S/C12H17N3OS/c1-12(3-2-5-16-12)9-13-7-10-8-15-4-6-17-11(15)14-10/h4,6,8,13H,2-3,5,7,9H2,1H3. The van der Waals surface area contributed by atoms with Crippen molar-refractivity contribution in [1.82, 2.24) is 14.7 Å². The molecule has 1 atom stereocenters. The fraction of sp³-hybridized carbons (Fsp3) is 0.583. The normalized spacial score (nSPS) is 24.8. The van der Waals surface area contributed by atoms with Crippen LogP contribution in [-0.4, -0.2) is 28.1 Å². The molecule has 0 aliphatic carbocycles. The number of nitrogens with zero attached hydrogens (tertiary/aromatic N) is 2. The minimum absolute atomic E-state index is 0.0249. The Morgan fingerprint density at radius 3 is 3.35 bits per heavy atom. The molecule has 0 radical (unpaired) electrons. The number of rotatable bonds is 4. The summed E-state index contributed by atoms with van der Waals surface area (Å²) >= 11 is 1.67. The highest BCUT2D eigenvalue weighted by atomic mass is 32.1. The van der Waals surface area contributed by atoms with Crippen LogP contribution in [0.5, 0.6) is 0 Å². The lowest BCUT2D eigenvalue weighted by Crippen LogP contribution is -2.36. The molecule has 0 aromatic carbocycles. The third-order valence-electron chi connectivity index (χ3n) is 3.25. The lowest BCUT2D eigenvalue weighted by atomic mass is 10.0. The molecule has 92 valence electrons. The molecule has 2 aromatic heterocycles. The van der Waals surface area contributed by atoms with Gasteiger partial charge in [0.25, 0.3) is 0 Å². The maximum atomic E-state index is 5.74. The van der Waals surface area contributed by atoms with Gasteiger partial charge in [-0.05, 0) is 19.8 Å². The molecule has 0 amide bonds. The van der Waals surface area contributed by atoms with Gasteiger partial charge in [0, 0.05) is 37.5 Å². The number of nitrogens with one attached hydrogen (secondary N) is 1. The monoisotopic (exact) mass is 251 g/mol. The van der Waals surface area contributed by atoms with Crippen LogP contribution in [0.15, 0.2) is 17.8 Å². The zero-order valence-corrected chi connectivity index (χ0v) is 10.8. The van der Waals surface area contributed by atoms with Crippen LogP contribution >= 0.6 is 11.3 Å². The van der Waals surface area contributed by atoms with Gasteiger partial charge in [-0.3, -0.25) is 4.40 Å². The van der Waals surface area contributed by atoms with E-state index in [2.05, 4.69) is 27.8 Å². The van der Waals surface area contributed by atoms with Crippen molar-refractivity contribution in [2.75, 3.05) is 13.2 Å². The third-order valence-corrected chi connectivity index (χ3v) is 4.02. The van der Waals surface area contributed by atoms with Crippen molar-refractivity contribution in [2.45, 2.75) is 31.9 Å². The van der Waals surface area contributed by atoms with Gasteiger partial charge in [-0.15, -0.1) is 11.3 Å². The van der Waals surface area contributed by atoms with E-state index in [9.17, 15) is 0 Å². The smallest absolute Gasteiger partial charge is 0.193 e. The molecule has 1 saturated heterocycles. The Hall–Kier alpha value is -0.910. The zero-order valence-electron chi connectivity index (χ0n) is 9.98. The highest BCUT2D eigenvalue weighted by Gasteiger charge is 2.28. The van der Waals surface area contributed by atoms with Crippen molar-refractivity contribution in [1.29, 1.82) is 0 Å². The summed E-state index contributed by atoms with van der Waals surface area (Å²) in [4.78, 5) is 5.60. The molecule has 0 saturated carbocycles. The van der Waals surface area contributed by atoms with Gasteiger partial charge in [0.1, 0.15) is 0 Å². The highest BCUT2D eigenvalue weighted by molar-refractivity contribution is 7.15. The summed E-state index contributed by atoms with van der Waals surface area (Å²) in [6.45, 7) is 4.79. The summed E-state index contributed by atoms with van der Waals surface area (Å²) < 4.78 is 7.80. The lowest BCUT2D eigenvalue weighted by molar-refractivity contribution is 0.0206. The molecule has 2 aromatic rings. The molecular formula is C12H17N3OS. The molecule has 1 fully saturated rings. The molecule has 1 unspecified atom stereocenters. The van der Waals surface area contributed by atoms with Crippen LogP contribution in [-0.2, 0) is 11.3 Å².